The number of hydrogen-bond donors (Lipinski definition) is 2. The third kappa shape index (κ3) is 4.53. The Kier molecular flexibility index (Phi) is 5.83. The standard InChI is InChI=1S/C22H23N3O5/c26-20(23-13-16-6-8-18-19(12-16)30-14-29-18)9-7-17-21(27)25(22(28)24-17)11-10-15-4-2-1-3-5-15/h1-6,8,12,17H,7,9-11,13-14H2,(H,23,26)(H,24,28)/t17-/m1/s1. The summed E-state index contributed by atoms with van der Waals surface area (Å²) in [5, 5.41) is 5.50. The summed E-state index contributed by atoms with van der Waals surface area (Å²) in [5.41, 5.74) is 1.95. The molecule has 1 saturated heterocycles. The molecular weight excluding hydrogens is 386 g/mol. The molecule has 2 aromatic carbocycles. The number of rotatable bonds is 8. The Bertz CT molecular complexity index is 947. The summed E-state index contributed by atoms with van der Waals surface area (Å²) in [4.78, 5) is 38.1. The summed E-state index contributed by atoms with van der Waals surface area (Å²) >= 11 is 0. The Morgan fingerprint density at radius 3 is 2.70 bits per heavy atom. The molecular formula is C22H23N3O5. The summed E-state index contributed by atoms with van der Waals surface area (Å²) in [7, 11) is 0. The van der Waals surface area contributed by atoms with Gasteiger partial charge in [0.15, 0.2) is 11.5 Å². The fourth-order valence-corrected chi connectivity index (χ4v) is 3.49. The van der Waals surface area contributed by atoms with Crippen LogP contribution in [0.25, 0.3) is 0 Å². The molecule has 2 aromatic rings. The Hall–Kier alpha value is -3.55. The molecule has 8 nitrogen and oxygen atoms in total. The number of benzene rings is 2. The van der Waals surface area contributed by atoms with Crippen LogP contribution in [0.3, 0.4) is 0 Å². The molecule has 0 spiro atoms. The SMILES string of the molecule is O=C(CC[C@H]1NC(=O)N(CCc2ccccc2)C1=O)NCc1ccc2c(c1)OCO2. The number of imide groups is 1. The number of ether oxygens (including phenoxy) is 2. The second-order valence-electron chi connectivity index (χ2n) is 7.23. The van der Waals surface area contributed by atoms with E-state index >= 15 is 0 Å². The van der Waals surface area contributed by atoms with Crippen molar-refractivity contribution in [2.24, 2.45) is 0 Å². The monoisotopic (exact) mass is 409 g/mol. The van der Waals surface area contributed by atoms with Crippen LogP contribution >= 0.6 is 0 Å². The lowest BCUT2D eigenvalue weighted by Crippen LogP contribution is -2.33. The highest BCUT2D eigenvalue weighted by atomic mass is 16.7. The van der Waals surface area contributed by atoms with Crippen molar-refractivity contribution in [3.05, 3.63) is 59.7 Å². The second-order valence-corrected chi connectivity index (χ2v) is 7.23. The van der Waals surface area contributed by atoms with Gasteiger partial charge in [0, 0.05) is 19.5 Å². The van der Waals surface area contributed by atoms with Crippen molar-refractivity contribution in [3.63, 3.8) is 0 Å². The first kappa shape index (κ1) is 19.8. The predicted octanol–water partition coefficient (Wildman–Crippen LogP) is 1.97. The summed E-state index contributed by atoms with van der Waals surface area (Å²) in [5.74, 6) is 0.894. The van der Waals surface area contributed by atoms with E-state index in [2.05, 4.69) is 10.6 Å². The lowest BCUT2D eigenvalue weighted by Gasteiger charge is -2.13. The molecule has 0 bridgehead atoms. The van der Waals surface area contributed by atoms with Gasteiger partial charge in [-0.15, -0.1) is 0 Å². The normalized spacial score (nSPS) is 17.2. The van der Waals surface area contributed by atoms with Gasteiger partial charge in [0.05, 0.1) is 0 Å². The van der Waals surface area contributed by atoms with E-state index < -0.39 is 12.1 Å². The molecule has 4 amide bonds. The van der Waals surface area contributed by atoms with Gasteiger partial charge in [0.25, 0.3) is 5.91 Å². The second kappa shape index (κ2) is 8.86. The first-order valence-corrected chi connectivity index (χ1v) is 9.91. The number of carbonyl (C=O) groups is 3. The topological polar surface area (TPSA) is 97.0 Å². The zero-order chi connectivity index (χ0) is 20.9. The molecule has 0 radical (unpaired) electrons. The van der Waals surface area contributed by atoms with Crippen LogP contribution in [-0.4, -0.2) is 42.1 Å². The molecule has 30 heavy (non-hydrogen) atoms. The molecule has 0 aromatic heterocycles. The van der Waals surface area contributed by atoms with Gasteiger partial charge in [-0.3, -0.25) is 14.5 Å². The Balaban J connectivity index is 1.22. The minimum atomic E-state index is -0.662. The van der Waals surface area contributed by atoms with Gasteiger partial charge in [0.2, 0.25) is 12.7 Å². The zero-order valence-electron chi connectivity index (χ0n) is 16.4. The van der Waals surface area contributed by atoms with Gasteiger partial charge < -0.3 is 20.1 Å². The lowest BCUT2D eigenvalue weighted by molar-refractivity contribution is -0.127. The number of fused-ring (bicyclic) bond motifs is 1. The Morgan fingerprint density at radius 1 is 1.07 bits per heavy atom. The van der Waals surface area contributed by atoms with Gasteiger partial charge >= 0.3 is 6.03 Å². The van der Waals surface area contributed by atoms with E-state index in [0.717, 1.165) is 11.1 Å². The molecule has 8 heteroatoms. The van der Waals surface area contributed by atoms with Crippen LogP contribution in [0.1, 0.15) is 24.0 Å². The van der Waals surface area contributed by atoms with E-state index in [1.165, 1.54) is 4.90 Å². The number of hydrogen-bond acceptors (Lipinski definition) is 5. The first-order valence-electron chi connectivity index (χ1n) is 9.91. The van der Waals surface area contributed by atoms with Gasteiger partial charge in [0.1, 0.15) is 6.04 Å². The van der Waals surface area contributed by atoms with Crippen molar-refractivity contribution in [2.75, 3.05) is 13.3 Å². The quantitative estimate of drug-likeness (QED) is 0.650. The van der Waals surface area contributed by atoms with Crippen molar-refractivity contribution in [1.29, 1.82) is 0 Å². The van der Waals surface area contributed by atoms with Crippen molar-refractivity contribution >= 4 is 17.8 Å². The third-order valence-electron chi connectivity index (χ3n) is 5.16. The van der Waals surface area contributed by atoms with Crippen LogP contribution in [0.4, 0.5) is 4.79 Å². The number of nitrogens with zero attached hydrogens (tertiary/aromatic N) is 1. The van der Waals surface area contributed by atoms with Crippen molar-refractivity contribution < 1.29 is 23.9 Å². The molecule has 4 rings (SSSR count). The molecule has 156 valence electrons. The largest absolute Gasteiger partial charge is 0.454 e. The molecule has 2 heterocycles. The summed E-state index contributed by atoms with van der Waals surface area (Å²) < 4.78 is 10.6. The fourth-order valence-electron chi connectivity index (χ4n) is 3.49. The van der Waals surface area contributed by atoms with Gasteiger partial charge in [-0.05, 0) is 36.1 Å². The van der Waals surface area contributed by atoms with Gasteiger partial charge in [-0.2, -0.15) is 0 Å². The van der Waals surface area contributed by atoms with E-state index in [1.807, 2.05) is 42.5 Å². The minimum absolute atomic E-state index is 0.147. The van der Waals surface area contributed by atoms with Crippen LogP contribution in [0.5, 0.6) is 11.5 Å². The fraction of sp³-hybridized carbons (Fsp3) is 0.318. The van der Waals surface area contributed by atoms with Crippen LogP contribution in [0.15, 0.2) is 48.5 Å². The molecule has 1 fully saturated rings. The van der Waals surface area contributed by atoms with E-state index in [4.69, 9.17) is 9.47 Å². The maximum atomic E-state index is 12.5. The molecule has 2 aliphatic rings. The van der Waals surface area contributed by atoms with Crippen LogP contribution in [0, 0.1) is 0 Å². The Labute approximate surface area is 174 Å². The van der Waals surface area contributed by atoms with Crippen LogP contribution in [0.2, 0.25) is 0 Å². The van der Waals surface area contributed by atoms with Crippen molar-refractivity contribution in [1.82, 2.24) is 15.5 Å². The van der Waals surface area contributed by atoms with E-state index in [-0.39, 0.29) is 31.4 Å². The smallest absolute Gasteiger partial charge is 0.324 e. The average molecular weight is 409 g/mol. The number of amides is 4. The van der Waals surface area contributed by atoms with Crippen LogP contribution in [-0.2, 0) is 22.6 Å². The van der Waals surface area contributed by atoms with Crippen molar-refractivity contribution in [3.8, 4) is 11.5 Å². The molecule has 0 saturated carbocycles. The van der Waals surface area contributed by atoms with E-state index in [1.54, 1.807) is 6.07 Å². The maximum absolute atomic E-state index is 12.5. The molecule has 1 atom stereocenters. The molecule has 2 N–H and O–H groups in total. The van der Waals surface area contributed by atoms with Crippen molar-refractivity contribution in [2.45, 2.75) is 31.8 Å². The highest BCUT2D eigenvalue weighted by Gasteiger charge is 2.37. The highest BCUT2D eigenvalue weighted by molar-refractivity contribution is 6.04. The number of nitrogens with one attached hydrogen (secondary N) is 2. The zero-order valence-corrected chi connectivity index (χ0v) is 16.4. The summed E-state index contributed by atoms with van der Waals surface area (Å²) in [6.07, 6.45) is 1.01. The number of urea groups is 1. The molecule has 0 unspecified atom stereocenters. The predicted molar refractivity (Wildman–Crippen MR) is 108 cm³/mol. The summed E-state index contributed by atoms with van der Waals surface area (Å²) in [6.45, 7) is 0.875. The highest BCUT2D eigenvalue weighted by Crippen LogP contribution is 2.32. The van der Waals surface area contributed by atoms with E-state index in [9.17, 15) is 14.4 Å². The third-order valence-corrected chi connectivity index (χ3v) is 5.16. The lowest BCUT2D eigenvalue weighted by atomic mass is 10.1. The maximum Gasteiger partial charge on any atom is 0.324 e. The number of carbonyl (C=O) groups excluding carboxylic acids is 3. The Morgan fingerprint density at radius 2 is 1.87 bits per heavy atom. The van der Waals surface area contributed by atoms with E-state index in [0.29, 0.717) is 31.0 Å². The molecule has 2 aliphatic heterocycles. The van der Waals surface area contributed by atoms with Crippen LogP contribution < -0.4 is 20.1 Å². The summed E-state index contributed by atoms with van der Waals surface area (Å²) in [6, 6.07) is 14.1. The molecule has 0 aliphatic carbocycles. The van der Waals surface area contributed by atoms with Gasteiger partial charge in [-0.25, -0.2) is 4.79 Å². The average Bonchev–Trinajstić information content (AvgIpc) is 3.33. The van der Waals surface area contributed by atoms with Gasteiger partial charge in [-0.1, -0.05) is 36.4 Å². The first-order chi connectivity index (χ1) is 14.6. The minimum Gasteiger partial charge on any atom is -0.454 e.